The standard InChI is InChI=1S/C22H23ClN4O5/c1-3-31-22-17(10-18(28)32-22)26-20(29)11(2)27-7-6-13-9-16(25-19(13)21(27)30)12-4-5-15(24)14(23)8-12/h4-9,11,17,22,25H,3,10,24H2,1-2H3,(H,26,29)/t11-,17+,22+/m1/s1. The first kappa shape index (κ1) is 21.9. The molecular weight excluding hydrogens is 436 g/mol. The molecule has 0 spiro atoms. The first-order valence-corrected chi connectivity index (χ1v) is 10.6. The van der Waals surface area contributed by atoms with Crippen molar-refractivity contribution < 1.29 is 19.1 Å². The molecule has 10 heteroatoms. The summed E-state index contributed by atoms with van der Waals surface area (Å²) in [4.78, 5) is 40.6. The van der Waals surface area contributed by atoms with Crippen molar-refractivity contribution in [1.29, 1.82) is 0 Å². The van der Waals surface area contributed by atoms with E-state index in [0.717, 1.165) is 5.56 Å². The molecule has 0 aliphatic carbocycles. The number of halogens is 1. The summed E-state index contributed by atoms with van der Waals surface area (Å²) in [6.07, 6.45) is 0.751. The molecule has 3 heterocycles. The number of benzene rings is 1. The van der Waals surface area contributed by atoms with Gasteiger partial charge in [0.15, 0.2) is 0 Å². The molecule has 3 atom stereocenters. The van der Waals surface area contributed by atoms with Gasteiger partial charge in [-0.05, 0) is 43.7 Å². The molecule has 32 heavy (non-hydrogen) atoms. The Bertz CT molecular complexity index is 1250. The van der Waals surface area contributed by atoms with Gasteiger partial charge in [0.25, 0.3) is 5.56 Å². The summed E-state index contributed by atoms with van der Waals surface area (Å²) < 4.78 is 11.8. The maximum absolute atomic E-state index is 13.1. The Labute approximate surface area is 188 Å². The Morgan fingerprint density at radius 3 is 2.88 bits per heavy atom. The van der Waals surface area contributed by atoms with Gasteiger partial charge < -0.3 is 30.1 Å². The molecule has 1 aliphatic heterocycles. The minimum absolute atomic E-state index is 0.0151. The highest BCUT2D eigenvalue weighted by Crippen LogP contribution is 2.28. The van der Waals surface area contributed by atoms with E-state index in [1.807, 2.05) is 6.07 Å². The molecule has 9 nitrogen and oxygen atoms in total. The number of aromatic nitrogens is 2. The number of ether oxygens (including phenoxy) is 2. The fraction of sp³-hybridized carbons (Fsp3) is 0.318. The molecule has 1 aliphatic rings. The number of pyridine rings is 1. The highest BCUT2D eigenvalue weighted by atomic mass is 35.5. The van der Waals surface area contributed by atoms with Gasteiger partial charge in [0.1, 0.15) is 17.6 Å². The van der Waals surface area contributed by atoms with Crippen molar-refractivity contribution in [2.45, 2.75) is 38.6 Å². The molecule has 1 amide bonds. The smallest absolute Gasteiger partial charge is 0.310 e. The second-order valence-electron chi connectivity index (χ2n) is 7.59. The van der Waals surface area contributed by atoms with Crippen LogP contribution in [-0.2, 0) is 19.1 Å². The van der Waals surface area contributed by atoms with Gasteiger partial charge in [-0.2, -0.15) is 0 Å². The Kier molecular flexibility index (Phi) is 5.94. The number of esters is 1. The van der Waals surface area contributed by atoms with Crippen molar-refractivity contribution >= 4 is 40.1 Å². The third-order valence-electron chi connectivity index (χ3n) is 5.44. The number of anilines is 1. The number of nitrogens with two attached hydrogens (primary N) is 1. The summed E-state index contributed by atoms with van der Waals surface area (Å²) in [6.45, 7) is 3.72. The summed E-state index contributed by atoms with van der Waals surface area (Å²) in [5, 5.41) is 3.88. The normalized spacial score (nSPS) is 19.2. The number of hydrogen-bond donors (Lipinski definition) is 3. The van der Waals surface area contributed by atoms with E-state index in [1.54, 1.807) is 44.3 Å². The van der Waals surface area contributed by atoms with E-state index in [4.69, 9.17) is 26.8 Å². The van der Waals surface area contributed by atoms with Gasteiger partial charge in [0.05, 0.1) is 17.1 Å². The van der Waals surface area contributed by atoms with E-state index in [1.165, 1.54) is 4.57 Å². The number of H-pyrrole nitrogens is 1. The molecule has 168 valence electrons. The number of nitrogens with one attached hydrogen (secondary N) is 2. The average Bonchev–Trinajstić information content (AvgIpc) is 3.34. The first-order valence-electron chi connectivity index (χ1n) is 10.2. The number of rotatable bonds is 6. The lowest BCUT2D eigenvalue weighted by atomic mass is 10.1. The van der Waals surface area contributed by atoms with Gasteiger partial charge in [-0.3, -0.25) is 14.4 Å². The Morgan fingerprint density at radius 2 is 2.16 bits per heavy atom. The largest absolute Gasteiger partial charge is 0.433 e. The van der Waals surface area contributed by atoms with Crippen LogP contribution in [0.15, 0.2) is 41.3 Å². The molecule has 0 radical (unpaired) electrons. The van der Waals surface area contributed by atoms with Crippen molar-refractivity contribution in [1.82, 2.24) is 14.9 Å². The Balaban J connectivity index is 1.59. The zero-order chi connectivity index (χ0) is 23.0. The lowest BCUT2D eigenvalue weighted by Crippen LogP contribution is -2.45. The van der Waals surface area contributed by atoms with Gasteiger partial charge in [0.2, 0.25) is 12.2 Å². The van der Waals surface area contributed by atoms with Gasteiger partial charge in [-0.1, -0.05) is 17.7 Å². The maximum Gasteiger partial charge on any atom is 0.310 e. The third kappa shape index (κ3) is 4.09. The van der Waals surface area contributed by atoms with Crippen LogP contribution >= 0.6 is 11.6 Å². The number of fused-ring (bicyclic) bond motifs is 1. The summed E-state index contributed by atoms with van der Waals surface area (Å²) in [5.41, 5.74) is 7.74. The van der Waals surface area contributed by atoms with E-state index >= 15 is 0 Å². The van der Waals surface area contributed by atoms with E-state index in [-0.39, 0.29) is 12.0 Å². The van der Waals surface area contributed by atoms with Crippen molar-refractivity contribution in [2.24, 2.45) is 0 Å². The summed E-state index contributed by atoms with van der Waals surface area (Å²) in [7, 11) is 0. The quantitative estimate of drug-likeness (QED) is 0.384. The highest BCUT2D eigenvalue weighted by Gasteiger charge is 2.37. The number of carbonyl (C=O) groups is 2. The van der Waals surface area contributed by atoms with Crippen molar-refractivity contribution in [3.63, 3.8) is 0 Å². The Morgan fingerprint density at radius 1 is 1.38 bits per heavy atom. The van der Waals surface area contributed by atoms with Crippen molar-refractivity contribution in [3.8, 4) is 11.3 Å². The fourth-order valence-corrected chi connectivity index (χ4v) is 3.87. The average molecular weight is 459 g/mol. The fourth-order valence-electron chi connectivity index (χ4n) is 3.69. The number of amides is 1. The first-order chi connectivity index (χ1) is 15.3. The van der Waals surface area contributed by atoms with Crippen LogP contribution in [0.4, 0.5) is 5.69 Å². The molecule has 0 unspecified atom stereocenters. The number of nitrogens with zero attached hydrogens (tertiary/aromatic N) is 1. The van der Waals surface area contributed by atoms with Crippen LogP contribution in [0.3, 0.4) is 0 Å². The topological polar surface area (TPSA) is 128 Å². The third-order valence-corrected chi connectivity index (χ3v) is 5.77. The van der Waals surface area contributed by atoms with E-state index in [9.17, 15) is 14.4 Å². The number of nitrogen functional groups attached to an aromatic ring is 1. The van der Waals surface area contributed by atoms with Crippen LogP contribution in [0.25, 0.3) is 22.2 Å². The summed E-state index contributed by atoms with van der Waals surface area (Å²) >= 11 is 6.12. The lowest BCUT2D eigenvalue weighted by Gasteiger charge is -2.21. The van der Waals surface area contributed by atoms with E-state index in [2.05, 4.69) is 10.3 Å². The predicted molar refractivity (Wildman–Crippen MR) is 120 cm³/mol. The van der Waals surface area contributed by atoms with Crippen LogP contribution in [0.2, 0.25) is 5.02 Å². The second kappa shape index (κ2) is 8.68. The Hall–Kier alpha value is -3.30. The molecule has 0 saturated carbocycles. The maximum atomic E-state index is 13.1. The number of aromatic amines is 1. The molecular formula is C22H23ClN4O5. The second-order valence-corrected chi connectivity index (χ2v) is 7.99. The molecule has 1 aromatic carbocycles. The van der Waals surface area contributed by atoms with Crippen LogP contribution in [-0.4, -0.2) is 40.4 Å². The van der Waals surface area contributed by atoms with Crippen LogP contribution < -0.4 is 16.6 Å². The predicted octanol–water partition coefficient (Wildman–Crippen LogP) is 2.59. The van der Waals surface area contributed by atoms with Gasteiger partial charge in [-0.15, -0.1) is 0 Å². The number of hydrogen-bond acceptors (Lipinski definition) is 6. The highest BCUT2D eigenvalue weighted by molar-refractivity contribution is 6.33. The molecule has 3 aromatic rings. The van der Waals surface area contributed by atoms with Gasteiger partial charge in [0, 0.05) is 23.9 Å². The van der Waals surface area contributed by atoms with E-state index in [0.29, 0.717) is 33.9 Å². The zero-order valence-corrected chi connectivity index (χ0v) is 18.3. The minimum Gasteiger partial charge on any atom is -0.433 e. The summed E-state index contributed by atoms with van der Waals surface area (Å²) in [5.74, 6) is -0.863. The lowest BCUT2D eigenvalue weighted by molar-refractivity contribution is -0.164. The van der Waals surface area contributed by atoms with Crippen LogP contribution in [0, 0.1) is 0 Å². The number of carbonyl (C=O) groups excluding carboxylic acids is 2. The van der Waals surface area contributed by atoms with Crippen LogP contribution in [0.1, 0.15) is 26.3 Å². The molecule has 2 aromatic heterocycles. The zero-order valence-electron chi connectivity index (χ0n) is 17.6. The van der Waals surface area contributed by atoms with Crippen LogP contribution in [0.5, 0.6) is 0 Å². The summed E-state index contributed by atoms with van der Waals surface area (Å²) in [6, 6.07) is 7.38. The van der Waals surface area contributed by atoms with Gasteiger partial charge in [-0.25, -0.2) is 0 Å². The molecule has 0 bridgehead atoms. The number of cyclic esters (lactones) is 1. The molecule has 4 rings (SSSR count). The molecule has 1 fully saturated rings. The minimum atomic E-state index is -0.833. The SMILES string of the molecule is CCO[C@H]1OC(=O)C[C@@H]1NC(=O)[C@@H](C)n1ccc2cc(-c3ccc(N)c(Cl)c3)[nH]c2c1=O. The molecule has 4 N–H and O–H groups in total. The van der Waals surface area contributed by atoms with Crippen molar-refractivity contribution in [3.05, 3.63) is 51.9 Å². The van der Waals surface area contributed by atoms with Crippen molar-refractivity contribution in [2.75, 3.05) is 12.3 Å². The molecule has 1 saturated heterocycles. The van der Waals surface area contributed by atoms with Gasteiger partial charge >= 0.3 is 5.97 Å². The van der Waals surface area contributed by atoms with E-state index < -0.39 is 30.3 Å². The monoisotopic (exact) mass is 458 g/mol.